The van der Waals surface area contributed by atoms with E-state index >= 15 is 0 Å². The van der Waals surface area contributed by atoms with E-state index in [0.29, 0.717) is 13.4 Å². The molecule has 5 rings (SSSR count). The summed E-state index contributed by atoms with van der Waals surface area (Å²) >= 11 is 0. The van der Waals surface area contributed by atoms with Gasteiger partial charge in [-0.2, -0.15) is 4.57 Å². The first-order valence-electron chi connectivity index (χ1n) is 9.87. The van der Waals surface area contributed by atoms with Gasteiger partial charge in [0, 0.05) is 12.5 Å². The number of methoxy groups -OCH3 is 1. The lowest BCUT2D eigenvalue weighted by Gasteiger charge is -2.17. The Hall–Kier alpha value is -3.21. The SMILES string of the molecule is COc1ccc2cc3[n+](cc2c1OCC=C(C)C)CCc1cc2c(cc1-3)OCO2. The number of allylic oxidation sites excluding steroid dienone is 1. The third-order valence-corrected chi connectivity index (χ3v) is 5.52. The molecule has 1 aromatic heterocycles. The minimum absolute atomic E-state index is 0.294. The van der Waals surface area contributed by atoms with Crippen molar-refractivity contribution in [2.45, 2.75) is 26.8 Å². The van der Waals surface area contributed by atoms with Gasteiger partial charge < -0.3 is 18.9 Å². The largest absolute Gasteiger partial charge is 0.493 e. The Morgan fingerprint density at radius 3 is 2.76 bits per heavy atom. The smallest absolute Gasteiger partial charge is 0.231 e. The minimum Gasteiger partial charge on any atom is -0.493 e. The predicted octanol–water partition coefficient (Wildman–Crippen LogP) is 4.43. The first-order valence-corrected chi connectivity index (χ1v) is 9.87. The molecule has 2 aliphatic rings. The highest BCUT2D eigenvalue weighted by atomic mass is 16.7. The molecule has 3 heterocycles. The van der Waals surface area contributed by atoms with Crippen LogP contribution in [0.2, 0.25) is 0 Å². The van der Waals surface area contributed by atoms with Crippen LogP contribution >= 0.6 is 0 Å². The molecule has 0 bridgehead atoms. The zero-order valence-electron chi connectivity index (χ0n) is 17.0. The van der Waals surface area contributed by atoms with E-state index in [1.807, 2.05) is 6.07 Å². The Balaban J connectivity index is 1.64. The summed E-state index contributed by atoms with van der Waals surface area (Å²) in [6.07, 6.45) is 5.20. The molecule has 148 valence electrons. The summed E-state index contributed by atoms with van der Waals surface area (Å²) in [7, 11) is 1.68. The maximum absolute atomic E-state index is 6.12. The topological polar surface area (TPSA) is 40.8 Å². The quantitative estimate of drug-likeness (QED) is 0.488. The molecule has 0 unspecified atom stereocenters. The van der Waals surface area contributed by atoms with Crippen LogP contribution in [0.1, 0.15) is 19.4 Å². The minimum atomic E-state index is 0.294. The van der Waals surface area contributed by atoms with Gasteiger partial charge in [0.05, 0.1) is 18.1 Å². The highest BCUT2D eigenvalue weighted by Crippen LogP contribution is 2.41. The lowest BCUT2D eigenvalue weighted by Crippen LogP contribution is -2.40. The summed E-state index contributed by atoms with van der Waals surface area (Å²) in [4.78, 5) is 0. The molecule has 29 heavy (non-hydrogen) atoms. The molecular weight excluding hydrogens is 366 g/mol. The van der Waals surface area contributed by atoms with Crippen molar-refractivity contribution in [3.05, 3.63) is 53.7 Å². The summed E-state index contributed by atoms with van der Waals surface area (Å²) in [6.45, 7) is 5.86. The maximum atomic E-state index is 6.12. The van der Waals surface area contributed by atoms with Crippen LogP contribution in [0.5, 0.6) is 23.0 Å². The third kappa shape index (κ3) is 3.07. The van der Waals surface area contributed by atoms with E-state index < -0.39 is 0 Å². The summed E-state index contributed by atoms with van der Waals surface area (Å²) in [5.74, 6) is 3.20. The molecule has 0 amide bonds. The highest BCUT2D eigenvalue weighted by Gasteiger charge is 2.28. The molecule has 0 saturated carbocycles. The van der Waals surface area contributed by atoms with Crippen molar-refractivity contribution in [2.75, 3.05) is 20.5 Å². The fraction of sp³-hybridized carbons (Fsp3) is 0.292. The van der Waals surface area contributed by atoms with Crippen LogP contribution in [-0.4, -0.2) is 20.5 Å². The summed E-state index contributed by atoms with van der Waals surface area (Å²) < 4.78 is 25.2. The van der Waals surface area contributed by atoms with Crippen molar-refractivity contribution in [3.63, 3.8) is 0 Å². The van der Waals surface area contributed by atoms with Crippen LogP contribution in [0.4, 0.5) is 0 Å². The van der Waals surface area contributed by atoms with Crippen LogP contribution in [0.15, 0.2) is 48.2 Å². The van der Waals surface area contributed by atoms with E-state index in [-0.39, 0.29) is 0 Å². The average Bonchev–Trinajstić information content (AvgIpc) is 3.18. The zero-order valence-corrected chi connectivity index (χ0v) is 17.0. The molecule has 0 fully saturated rings. The van der Waals surface area contributed by atoms with Gasteiger partial charge in [-0.15, -0.1) is 0 Å². The molecule has 0 aliphatic carbocycles. The molecule has 5 heteroatoms. The molecule has 2 aliphatic heterocycles. The van der Waals surface area contributed by atoms with Gasteiger partial charge in [0.1, 0.15) is 6.61 Å². The lowest BCUT2D eigenvalue weighted by molar-refractivity contribution is -0.686. The first kappa shape index (κ1) is 17.9. The molecular formula is C24H24NO4+. The molecule has 5 nitrogen and oxygen atoms in total. The first-order chi connectivity index (χ1) is 14.1. The Morgan fingerprint density at radius 2 is 1.97 bits per heavy atom. The molecule has 2 aromatic carbocycles. The Kier molecular flexibility index (Phi) is 4.31. The normalized spacial score (nSPS) is 13.6. The van der Waals surface area contributed by atoms with Gasteiger partial charge in [0.15, 0.2) is 35.7 Å². The van der Waals surface area contributed by atoms with Gasteiger partial charge in [0.25, 0.3) is 0 Å². The second-order valence-corrected chi connectivity index (χ2v) is 7.66. The van der Waals surface area contributed by atoms with Gasteiger partial charge >= 0.3 is 0 Å². The second-order valence-electron chi connectivity index (χ2n) is 7.66. The lowest BCUT2D eigenvalue weighted by atomic mass is 9.95. The number of rotatable bonds is 4. The van der Waals surface area contributed by atoms with Crippen molar-refractivity contribution in [1.29, 1.82) is 0 Å². The summed E-state index contributed by atoms with van der Waals surface area (Å²) in [6, 6.07) is 10.5. The van der Waals surface area contributed by atoms with Crippen molar-refractivity contribution >= 4 is 10.8 Å². The third-order valence-electron chi connectivity index (χ3n) is 5.52. The number of pyridine rings is 1. The molecule has 0 atom stereocenters. The standard InChI is InChI=1S/C24H24NO4/c1-15(2)7-9-27-24-19-13-25-8-6-17-11-22-23(29-14-28-22)12-18(17)20(25)10-16(19)4-5-21(24)26-3/h4-5,7,10-13H,6,8-9,14H2,1-3H3/q+1. The van der Waals surface area contributed by atoms with Crippen molar-refractivity contribution in [2.24, 2.45) is 0 Å². The molecule has 0 radical (unpaired) electrons. The van der Waals surface area contributed by atoms with E-state index in [9.17, 15) is 0 Å². The monoisotopic (exact) mass is 390 g/mol. The van der Waals surface area contributed by atoms with Crippen molar-refractivity contribution < 1.29 is 23.5 Å². The van der Waals surface area contributed by atoms with Crippen molar-refractivity contribution in [3.8, 4) is 34.3 Å². The van der Waals surface area contributed by atoms with Gasteiger partial charge in [-0.3, -0.25) is 0 Å². The molecule has 3 aromatic rings. The molecule has 0 spiro atoms. The Labute approximate surface area is 170 Å². The Morgan fingerprint density at radius 1 is 1.14 bits per heavy atom. The fourth-order valence-electron chi connectivity index (χ4n) is 4.00. The van der Waals surface area contributed by atoms with Gasteiger partial charge in [0.2, 0.25) is 12.5 Å². The van der Waals surface area contributed by atoms with E-state index in [1.54, 1.807) is 7.11 Å². The van der Waals surface area contributed by atoms with Gasteiger partial charge in [-0.05, 0) is 55.1 Å². The number of aromatic nitrogens is 1. The van der Waals surface area contributed by atoms with E-state index in [2.05, 4.69) is 55.0 Å². The number of hydrogen-bond donors (Lipinski definition) is 0. The molecule has 0 N–H and O–H groups in total. The van der Waals surface area contributed by atoms with E-state index in [4.69, 9.17) is 18.9 Å². The van der Waals surface area contributed by atoms with Crippen molar-refractivity contribution in [1.82, 2.24) is 0 Å². The summed E-state index contributed by atoms with van der Waals surface area (Å²) in [5.41, 5.74) is 4.90. The second kappa shape index (κ2) is 6.99. The van der Waals surface area contributed by atoms with Gasteiger partial charge in [-0.25, -0.2) is 0 Å². The van der Waals surface area contributed by atoms with Crippen LogP contribution in [-0.2, 0) is 13.0 Å². The zero-order chi connectivity index (χ0) is 20.0. The van der Waals surface area contributed by atoms with Crippen LogP contribution < -0.4 is 23.5 Å². The number of nitrogens with zero attached hydrogens (tertiary/aromatic N) is 1. The summed E-state index contributed by atoms with van der Waals surface area (Å²) in [5, 5.41) is 2.18. The maximum Gasteiger partial charge on any atom is 0.231 e. The van der Waals surface area contributed by atoms with Crippen LogP contribution in [0.25, 0.3) is 22.0 Å². The number of hydrogen-bond acceptors (Lipinski definition) is 4. The van der Waals surface area contributed by atoms with Crippen LogP contribution in [0, 0.1) is 0 Å². The fourth-order valence-corrected chi connectivity index (χ4v) is 4.00. The van der Waals surface area contributed by atoms with Gasteiger partial charge in [-0.1, -0.05) is 5.57 Å². The average molecular weight is 390 g/mol. The van der Waals surface area contributed by atoms with E-state index in [0.717, 1.165) is 46.7 Å². The number of aryl methyl sites for hydroxylation is 2. The van der Waals surface area contributed by atoms with E-state index in [1.165, 1.54) is 22.4 Å². The number of fused-ring (bicyclic) bond motifs is 5. The Bertz CT molecular complexity index is 1150. The number of benzene rings is 2. The predicted molar refractivity (Wildman–Crippen MR) is 111 cm³/mol. The highest BCUT2D eigenvalue weighted by molar-refractivity contribution is 5.91. The molecule has 0 saturated heterocycles. The van der Waals surface area contributed by atoms with Crippen LogP contribution in [0.3, 0.4) is 0 Å². The number of ether oxygens (including phenoxy) is 4.